The van der Waals surface area contributed by atoms with Crippen LogP contribution < -0.4 is 0 Å². The van der Waals surface area contributed by atoms with Crippen molar-refractivity contribution in [2.75, 3.05) is 0 Å². The predicted molar refractivity (Wildman–Crippen MR) is 42.4 cm³/mol. The average Bonchev–Trinajstić information content (AvgIpc) is 2.39. The third-order valence-corrected chi connectivity index (χ3v) is 0.986. The smallest absolute Gasteiger partial charge is 0.122 e. The van der Waals surface area contributed by atoms with E-state index >= 15 is 0 Å². The van der Waals surface area contributed by atoms with E-state index in [0.29, 0.717) is 0 Å². The molecule has 0 aliphatic rings. The molecule has 0 unspecified atom stereocenters. The maximum Gasteiger partial charge on any atom is 0.122 e. The molecule has 60 valence electrons. The van der Waals surface area contributed by atoms with Gasteiger partial charge in [-0.2, -0.15) is 5.10 Å². The summed E-state index contributed by atoms with van der Waals surface area (Å²) in [5.41, 5.74) is 0.839. The number of aromatic amines is 1. The van der Waals surface area contributed by atoms with E-state index in [0.717, 1.165) is 5.69 Å². The van der Waals surface area contributed by atoms with Gasteiger partial charge in [0.1, 0.15) is 6.10 Å². The summed E-state index contributed by atoms with van der Waals surface area (Å²) < 4.78 is 0. The van der Waals surface area contributed by atoms with Gasteiger partial charge in [-0.1, -0.05) is 5.16 Å². The maximum absolute atomic E-state index is 4.94. The Morgan fingerprint density at radius 1 is 1.73 bits per heavy atom. The number of hydrogen-bond donors (Lipinski definition) is 1. The van der Waals surface area contributed by atoms with Crippen LogP contribution in [0.1, 0.15) is 19.5 Å². The van der Waals surface area contributed by atoms with Gasteiger partial charge in [-0.25, -0.2) is 0 Å². The minimum atomic E-state index is 0.120. The van der Waals surface area contributed by atoms with Crippen molar-refractivity contribution in [1.82, 2.24) is 10.2 Å². The summed E-state index contributed by atoms with van der Waals surface area (Å²) in [4.78, 5) is 4.94. The molecule has 0 radical (unpaired) electrons. The van der Waals surface area contributed by atoms with Gasteiger partial charge in [0.2, 0.25) is 0 Å². The summed E-state index contributed by atoms with van der Waals surface area (Å²) in [6.07, 6.45) is 3.37. The zero-order chi connectivity index (χ0) is 8.10. The lowest BCUT2D eigenvalue weighted by Gasteiger charge is -1.98. The monoisotopic (exact) mass is 153 g/mol. The average molecular weight is 153 g/mol. The van der Waals surface area contributed by atoms with E-state index in [4.69, 9.17) is 4.84 Å². The second kappa shape index (κ2) is 3.75. The third-order valence-electron chi connectivity index (χ3n) is 0.986. The zero-order valence-corrected chi connectivity index (χ0v) is 6.61. The minimum absolute atomic E-state index is 0.120. The van der Waals surface area contributed by atoms with Crippen molar-refractivity contribution in [2.45, 2.75) is 20.0 Å². The Bertz CT molecular complexity index is 216. The molecule has 1 aromatic heterocycles. The van der Waals surface area contributed by atoms with Gasteiger partial charge in [-0.15, -0.1) is 0 Å². The fourth-order valence-electron chi connectivity index (χ4n) is 0.547. The van der Waals surface area contributed by atoms with Crippen LogP contribution in [0.2, 0.25) is 0 Å². The fourth-order valence-corrected chi connectivity index (χ4v) is 0.547. The quantitative estimate of drug-likeness (QED) is 0.523. The molecule has 0 aliphatic carbocycles. The van der Waals surface area contributed by atoms with Crippen LogP contribution in [0.5, 0.6) is 0 Å². The first-order valence-electron chi connectivity index (χ1n) is 3.47. The van der Waals surface area contributed by atoms with Crippen LogP contribution in [0, 0.1) is 0 Å². The standard InChI is InChI=1S/C7H11N3O/c1-6(2)11-9-5-7-3-4-8-10-7/h3-6H,1-2H3,(H,8,10). The van der Waals surface area contributed by atoms with E-state index in [1.54, 1.807) is 12.4 Å². The topological polar surface area (TPSA) is 50.3 Å². The molecule has 0 saturated carbocycles. The number of aromatic nitrogens is 2. The van der Waals surface area contributed by atoms with Crippen molar-refractivity contribution in [3.05, 3.63) is 18.0 Å². The van der Waals surface area contributed by atoms with Crippen molar-refractivity contribution in [2.24, 2.45) is 5.16 Å². The van der Waals surface area contributed by atoms with Crippen molar-refractivity contribution < 1.29 is 4.84 Å². The summed E-state index contributed by atoms with van der Waals surface area (Å²) in [5, 5.41) is 10.2. The molecule has 0 saturated heterocycles. The number of hydrogen-bond acceptors (Lipinski definition) is 3. The molecular weight excluding hydrogens is 142 g/mol. The highest BCUT2D eigenvalue weighted by Crippen LogP contribution is 1.90. The van der Waals surface area contributed by atoms with Gasteiger partial charge in [0.15, 0.2) is 0 Å². The number of nitrogens with zero attached hydrogens (tertiary/aromatic N) is 2. The van der Waals surface area contributed by atoms with Crippen molar-refractivity contribution in [1.29, 1.82) is 0 Å². The summed E-state index contributed by atoms with van der Waals surface area (Å²) in [5.74, 6) is 0. The first-order valence-corrected chi connectivity index (χ1v) is 3.47. The van der Waals surface area contributed by atoms with Crippen LogP contribution in [0.3, 0.4) is 0 Å². The summed E-state index contributed by atoms with van der Waals surface area (Å²) in [7, 11) is 0. The number of rotatable bonds is 3. The molecule has 4 heteroatoms. The Hall–Kier alpha value is -1.32. The minimum Gasteiger partial charge on any atom is -0.393 e. The molecule has 0 aliphatic heterocycles. The van der Waals surface area contributed by atoms with Crippen LogP contribution >= 0.6 is 0 Å². The van der Waals surface area contributed by atoms with E-state index < -0.39 is 0 Å². The van der Waals surface area contributed by atoms with E-state index in [1.165, 1.54) is 0 Å². The van der Waals surface area contributed by atoms with Crippen LogP contribution in [0.15, 0.2) is 17.4 Å². The molecule has 0 spiro atoms. The molecule has 0 fully saturated rings. The highest BCUT2D eigenvalue weighted by atomic mass is 16.6. The van der Waals surface area contributed by atoms with Crippen LogP contribution in [0.25, 0.3) is 0 Å². The molecule has 11 heavy (non-hydrogen) atoms. The molecule has 4 nitrogen and oxygen atoms in total. The Morgan fingerprint density at radius 3 is 3.09 bits per heavy atom. The fraction of sp³-hybridized carbons (Fsp3) is 0.429. The second-order valence-electron chi connectivity index (χ2n) is 2.40. The zero-order valence-electron chi connectivity index (χ0n) is 6.61. The molecule has 0 bridgehead atoms. The van der Waals surface area contributed by atoms with Gasteiger partial charge in [0.05, 0.1) is 11.9 Å². The lowest BCUT2D eigenvalue weighted by Crippen LogP contribution is -1.96. The van der Waals surface area contributed by atoms with Crippen molar-refractivity contribution >= 4 is 6.21 Å². The maximum atomic E-state index is 4.94. The van der Waals surface area contributed by atoms with E-state index in [1.807, 2.05) is 19.9 Å². The van der Waals surface area contributed by atoms with Crippen LogP contribution in [-0.4, -0.2) is 22.5 Å². The molecule has 1 aromatic rings. The highest BCUT2D eigenvalue weighted by Gasteiger charge is 1.89. The second-order valence-corrected chi connectivity index (χ2v) is 2.40. The lowest BCUT2D eigenvalue weighted by atomic mass is 10.5. The molecule has 1 N–H and O–H groups in total. The number of oxime groups is 1. The van der Waals surface area contributed by atoms with E-state index in [-0.39, 0.29) is 6.10 Å². The Labute approximate surface area is 65.3 Å². The van der Waals surface area contributed by atoms with Gasteiger partial charge in [-0.3, -0.25) is 5.10 Å². The Kier molecular flexibility index (Phi) is 2.66. The number of H-pyrrole nitrogens is 1. The largest absolute Gasteiger partial charge is 0.393 e. The third kappa shape index (κ3) is 2.84. The summed E-state index contributed by atoms with van der Waals surface area (Å²) in [6.45, 7) is 3.84. The molecule has 0 amide bonds. The lowest BCUT2D eigenvalue weighted by molar-refractivity contribution is 0.0873. The van der Waals surface area contributed by atoms with Crippen molar-refractivity contribution in [3.8, 4) is 0 Å². The van der Waals surface area contributed by atoms with E-state index in [2.05, 4.69) is 15.4 Å². The summed E-state index contributed by atoms with van der Waals surface area (Å²) >= 11 is 0. The first kappa shape index (κ1) is 7.78. The van der Waals surface area contributed by atoms with Crippen molar-refractivity contribution in [3.63, 3.8) is 0 Å². The molecular formula is C7H11N3O. The SMILES string of the molecule is CC(C)ON=Cc1ccn[nH]1. The van der Waals surface area contributed by atoms with Gasteiger partial charge >= 0.3 is 0 Å². The van der Waals surface area contributed by atoms with Gasteiger partial charge in [0.25, 0.3) is 0 Å². The molecule has 1 rings (SSSR count). The van der Waals surface area contributed by atoms with Gasteiger partial charge in [-0.05, 0) is 19.9 Å². The summed E-state index contributed by atoms with van der Waals surface area (Å²) in [6, 6.07) is 1.81. The Morgan fingerprint density at radius 2 is 2.55 bits per heavy atom. The van der Waals surface area contributed by atoms with E-state index in [9.17, 15) is 0 Å². The highest BCUT2D eigenvalue weighted by molar-refractivity contribution is 5.75. The Balaban J connectivity index is 2.37. The number of nitrogens with one attached hydrogen (secondary N) is 1. The van der Waals surface area contributed by atoms with Gasteiger partial charge in [0, 0.05) is 6.20 Å². The molecule has 0 aromatic carbocycles. The normalized spacial score (nSPS) is 11.2. The van der Waals surface area contributed by atoms with Gasteiger partial charge < -0.3 is 4.84 Å². The first-order chi connectivity index (χ1) is 5.29. The predicted octanol–water partition coefficient (Wildman–Crippen LogP) is 1.17. The molecule has 0 atom stereocenters. The molecule has 1 heterocycles. The van der Waals surface area contributed by atoms with Crippen LogP contribution in [0.4, 0.5) is 0 Å². The van der Waals surface area contributed by atoms with Crippen LogP contribution in [-0.2, 0) is 4.84 Å².